The van der Waals surface area contributed by atoms with Crippen LogP contribution in [0.25, 0.3) is 0 Å². The first-order valence-electron chi connectivity index (χ1n) is 7.50. The Labute approximate surface area is 129 Å². The third-order valence-corrected chi connectivity index (χ3v) is 4.50. The van der Waals surface area contributed by atoms with E-state index in [9.17, 15) is 9.59 Å². The van der Waals surface area contributed by atoms with Gasteiger partial charge < -0.3 is 9.80 Å². The molecule has 0 spiro atoms. The highest BCUT2D eigenvalue weighted by Gasteiger charge is 2.37. The molecule has 0 aliphatic carbocycles. The number of benzene rings is 1. The molecule has 2 saturated heterocycles. The third kappa shape index (κ3) is 3.05. The van der Waals surface area contributed by atoms with E-state index in [1.165, 1.54) is 6.42 Å². The van der Waals surface area contributed by atoms with Gasteiger partial charge in [-0.1, -0.05) is 17.7 Å². The molecule has 0 unspecified atom stereocenters. The molecular weight excluding hydrogens is 288 g/mol. The molecule has 21 heavy (non-hydrogen) atoms. The molecule has 2 fully saturated rings. The van der Waals surface area contributed by atoms with Crippen LogP contribution in [0.4, 0.5) is 5.69 Å². The van der Waals surface area contributed by atoms with Crippen molar-refractivity contribution in [3.05, 3.63) is 29.3 Å². The largest absolute Gasteiger partial charge is 0.342 e. The molecule has 0 N–H and O–H groups in total. The molecule has 2 heterocycles. The first kappa shape index (κ1) is 14.4. The van der Waals surface area contributed by atoms with Crippen molar-refractivity contribution in [1.29, 1.82) is 0 Å². The van der Waals surface area contributed by atoms with E-state index in [0.717, 1.165) is 31.6 Å². The van der Waals surface area contributed by atoms with Gasteiger partial charge in [-0.3, -0.25) is 9.59 Å². The third-order valence-electron chi connectivity index (χ3n) is 4.26. The van der Waals surface area contributed by atoms with Crippen molar-refractivity contribution in [1.82, 2.24) is 4.90 Å². The molecule has 5 heteroatoms. The highest BCUT2D eigenvalue weighted by molar-refractivity contribution is 6.30. The van der Waals surface area contributed by atoms with E-state index in [1.807, 2.05) is 17.0 Å². The van der Waals surface area contributed by atoms with E-state index < -0.39 is 0 Å². The van der Waals surface area contributed by atoms with Crippen LogP contribution in [0.1, 0.15) is 25.7 Å². The lowest BCUT2D eigenvalue weighted by Gasteiger charge is -2.29. The zero-order valence-electron chi connectivity index (χ0n) is 11.9. The van der Waals surface area contributed by atoms with Crippen molar-refractivity contribution in [2.75, 3.05) is 24.5 Å². The van der Waals surface area contributed by atoms with E-state index in [0.29, 0.717) is 18.0 Å². The number of carbonyl (C=O) groups is 2. The van der Waals surface area contributed by atoms with Crippen LogP contribution in [0.3, 0.4) is 0 Å². The van der Waals surface area contributed by atoms with Gasteiger partial charge in [0, 0.05) is 36.8 Å². The van der Waals surface area contributed by atoms with Crippen molar-refractivity contribution in [3.63, 3.8) is 0 Å². The fourth-order valence-electron chi connectivity index (χ4n) is 3.14. The quantitative estimate of drug-likeness (QED) is 0.843. The summed E-state index contributed by atoms with van der Waals surface area (Å²) in [5.74, 6) is -0.0743. The van der Waals surface area contributed by atoms with E-state index in [2.05, 4.69) is 0 Å². The van der Waals surface area contributed by atoms with Crippen LogP contribution in [0, 0.1) is 5.92 Å². The Hall–Kier alpha value is -1.55. The summed E-state index contributed by atoms with van der Waals surface area (Å²) in [4.78, 5) is 28.3. The smallest absolute Gasteiger partial charge is 0.228 e. The predicted molar refractivity (Wildman–Crippen MR) is 82.3 cm³/mol. The fraction of sp³-hybridized carbons (Fsp3) is 0.500. The summed E-state index contributed by atoms with van der Waals surface area (Å²) in [6.45, 7) is 2.13. The van der Waals surface area contributed by atoms with Gasteiger partial charge in [-0.25, -0.2) is 0 Å². The molecule has 0 radical (unpaired) electrons. The number of hydrogen-bond acceptors (Lipinski definition) is 2. The number of amides is 2. The summed E-state index contributed by atoms with van der Waals surface area (Å²) in [6.07, 6.45) is 3.65. The molecule has 1 aromatic carbocycles. The average Bonchev–Trinajstić information content (AvgIpc) is 2.89. The second-order valence-electron chi connectivity index (χ2n) is 5.77. The Bertz CT molecular complexity index is 555. The van der Waals surface area contributed by atoms with Gasteiger partial charge in [0.1, 0.15) is 0 Å². The topological polar surface area (TPSA) is 40.6 Å². The minimum atomic E-state index is -0.213. The number of halogens is 1. The number of anilines is 1. The Morgan fingerprint density at radius 3 is 2.67 bits per heavy atom. The van der Waals surface area contributed by atoms with Gasteiger partial charge in [-0.05, 0) is 37.5 Å². The van der Waals surface area contributed by atoms with E-state index >= 15 is 0 Å². The van der Waals surface area contributed by atoms with Gasteiger partial charge in [0.25, 0.3) is 0 Å². The lowest BCUT2D eigenvalue weighted by molar-refractivity contribution is -0.136. The first-order valence-corrected chi connectivity index (χ1v) is 7.87. The monoisotopic (exact) mass is 306 g/mol. The van der Waals surface area contributed by atoms with E-state index in [1.54, 1.807) is 17.0 Å². The van der Waals surface area contributed by atoms with Gasteiger partial charge in [0.2, 0.25) is 11.8 Å². The molecule has 1 atom stereocenters. The SMILES string of the molecule is O=C([C@H]1CC(=O)N(c2cccc(Cl)c2)C1)N1CCCCC1. The van der Waals surface area contributed by atoms with Gasteiger partial charge in [0.05, 0.1) is 5.92 Å². The summed E-state index contributed by atoms with van der Waals surface area (Å²) in [5, 5.41) is 0.603. The van der Waals surface area contributed by atoms with E-state index in [-0.39, 0.29) is 17.7 Å². The Kier molecular flexibility index (Phi) is 4.15. The number of rotatable bonds is 2. The molecule has 1 aromatic rings. The van der Waals surface area contributed by atoms with Crippen LogP contribution in [-0.2, 0) is 9.59 Å². The van der Waals surface area contributed by atoms with Gasteiger partial charge in [-0.15, -0.1) is 0 Å². The maximum Gasteiger partial charge on any atom is 0.228 e. The predicted octanol–water partition coefficient (Wildman–Crippen LogP) is 2.71. The van der Waals surface area contributed by atoms with Gasteiger partial charge in [0.15, 0.2) is 0 Å². The van der Waals surface area contributed by atoms with Crippen LogP contribution >= 0.6 is 11.6 Å². The molecule has 3 rings (SSSR count). The first-order chi connectivity index (χ1) is 10.1. The average molecular weight is 307 g/mol. The van der Waals surface area contributed by atoms with Crippen LogP contribution in [0.15, 0.2) is 24.3 Å². The van der Waals surface area contributed by atoms with Crippen molar-refractivity contribution in [3.8, 4) is 0 Å². The molecule has 0 bridgehead atoms. The highest BCUT2D eigenvalue weighted by atomic mass is 35.5. The van der Waals surface area contributed by atoms with Crippen molar-refractivity contribution < 1.29 is 9.59 Å². The van der Waals surface area contributed by atoms with E-state index in [4.69, 9.17) is 11.6 Å². The molecule has 4 nitrogen and oxygen atoms in total. The van der Waals surface area contributed by atoms with Crippen LogP contribution < -0.4 is 4.90 Å². The van der Waals surface area contributed by atoms with Crippen LogP contribution in [0.5, 0.6) is 0 Å². The highest BCUT2D eigenvalue weighted by Crippen LogP contribution is 2.28. The second kappa shape index (κ2) is 6.06. The maximum atomic E-state index is 12.5. The summed E-state index contributed by atoms with van der Waals surface area (Å²) in [6, 6.07) is 7.23. The molecule has 0 saturated carbocycles. The second-order valence-corrected chi connectivity index (χ2v) is 6.21. The molecule has 112 valence electrons. The minimum absolute atomic E-state index is 0.00706. The molecule has 0 aromatic heterocycles. The number of hydrogen-bond donors (Lipinski definition) is 0. The summed E-state index contributed by atoms with van der Waals surface area (Å²) >= 11 is 5.98. The molecule has 2 aliphatic heterocycles. The zero-order valence-corrected chi connectivity index (χ0v) is 12.7. The molecule has 2 aliphatic rings. The maximum absolute atomic E-state index is 12.5. The fourth-order valence-corrected chi connectivity index (χ4v) is 3.32. The number of carbonyl (C=O) groups excluding carboxylic acids is 2. The van der Waals surface area contributed by atoms with Crippen LogP contribution in [-0.4, -0.2) is 36.3 Å². The lowest BCUT2D eigenvalue weighted by atomic mass is 10.0. The number of piperidine rings is 1. The Morgan fingerprint density at radius 1 is 1.19 bits per heavy atom. The van der Waals surface area contributed by atoms with Crippen molar-refractivity contribution in [2.24, 2.45) is 5.92 Å². The lowest BCUT2D eigenvalue weighted by Crippen LogP contribution is -2.40. The Morgan fingerprint density at radius 2 is 1.95 bits per heavy atom. The number of likely N-dealkylation sites (tertiary alicyclic amines) is 1. The van der Waals surface area contributed by atoms with Gasteiger partial charge in [-0.2, -0.15) is 0 Å². The molecule has 2 amide bonds. The summed E-state index contributed by atoms with van der Waals surface area (Å²) in [7, 11) is 0. The van der Waals surface area contributed by atoms with Crippen LogP contribution in [0.2, 0.25) is 5.02 Å². The van der Waals surface area contributed by atoms with Gasteiger partial charge >= 0.3 is 0 Å². The van der Waals surface area contributed by atoms with Crippen molar-refractivity contribution >= 4 is 29.1 Å². The summed E-state index contributed by atoms with van der Waals surface area (Å²) < 4.78 is 0. The molecular formula is C16H19ClN2O2. The minimum Gasteiger partial charge on any atom is -0.342 e. The standard InChI is InChI=1S/C16H19ClN2O2/c17-13-5-4-6-14(10-13)19-11-12(9-15(19)20)16(21)18-7-2-1-3-8-18/h4-6,10,12H,1-3,7-9,11H2/t12-/m0/s1. The Balaban J connectivity index is 1.70. The zero-order chi connectivity index (χ0) is 14.8. The normalized spacial score (nSPS) is 22.7. The van der Waals surface area contributed by atoms with Crippen molar-refractivity contribution in [2.45, 2.75) is 25.7 Å². The number of nitrogens with zero attached hydrogens (tertiary/aromatic N) is 2. The summed E-state index contributed by atoms with van der Waals surface area (Å²) in [5.41, 5.74) is 0.779.